The summed E-state index contributed by atoms with van der Waals surface area (Å²) >= 11 is 7.33. The third kappa shape index (κ3) is 8.14. The number of benzene rings is 2. The van der Waals surface area contributed by atoms with Crippen LogP contribution in [0, 0.1) is 3.57 Å². The van der Waals surface area contributed by atoms with Gasteiger partial charge >= 0.3 is 11.9 Å². The van der Waals surface area contributed by atoms with Gasteiger partial charge in [0.05, 0.1) is 34.6 Å². The second-order valence-corrected chi connectivity index (χ2v) is 9.84. The standard InChI is InChI=1S/C27H29IN4O7S/c1-5-36-21-12-17(11-19(28)25(21)39-16(4)33)13-29-32-22(34)14-38-20-10-8-7-9-18(20)24-23(26(35)37-6-2)15(3)30-27(40)31-24/h7-13,24H,5-6,14H2,1-4H3,(H,32,34)(H2,30,31,40)/t24-/m0/s1. The van der Waals surface area contributed by atoms with E-state index < -0.39 is 23.9 Å². The van der Waals surface area contributed by atoms with Crippen molar-refractivity contribution in [3.05, 3.63) is 62.4 Å². The first-order valence-corrected chi connectivity index (χ1v) is 13.8. The molecular weight excluding hydrogens is 651 g/mol. The van der Waals surface area contributed by atoms with Crippen LogP contribution in [0.15, 0.2) is 52.8 Å². The van der Waals surface area contributed by atoms with Gasteiger partial charge in [-0.1, -0.05) is 18.2 Å². The minimum absolute atomic E-state index is 0.216. The fourth-order valence-electron chi connectivity index (χ4n) is 3.78. The van der Waals surface area contributed by atoms with E-state index in [4.69, 9.17) is 31.2 Å². The molecule has 40 heavy (non-hydrogen) atoms. The minimum atomic E-state index is -0.637. The number of amides is 1. The number of allylic oxidation sites excluding steroid dienone is 1. The van der Waals surface area contributed by atoms with Gasteiger partial charge < -0.3 is 29.6 Å². The number of hydrogen-bond donors (Lipinski definition) is 3. The van der Waals surface area contributed by atoms with Gasteiger partial charge in [-0.05, 0) is 79.3 Å². The molecule has 0 aromatic heterocycles. The first-order chi connectivity index (χ1) is 19.1. The Morgan fingerprint density at radius 1 is 1.12 bits per heavy atom. The monoisotopic (exact) mass is 680 g/mol. The fraction of sp³-hybridized carbons (Fsp3) is 0.296. The SMILES string of the molecule is CCOC(=O)C1=C(C)NC(=S)N[C@H]1c1ccccc1OCC(=O)NN=Cc1cc(I)c(OC(C)=O)c(OCC)c1. The first kappa shape index (κ1) is 30.8. The summed E-state index contributed by atoms with van der Waals surface area (Å²) in [5.41, 5.74) is 4.58. The second kappa shape index (κ2) is 14.6. The van der Waals surface area contributed by atoms with E-state index in [1.807, 2.05) is 29.5 Å². The summed E-state index contributed by atoms with van der Waals surface area (Å²) in [6.07, 6.45) is 1.44. The van der Waals surface area contributed by atoms with Crippen LogP contribution in [0.2, 0.25) is 0 Å². The third-order valence-corrected chi connectivity index (χ3v) is 6.35. The van der Waals surface area contributed by atoms with E-state index in [1.165, 1.54) is 13.1 Å². The maximum absolute atomic E-state index is 12.7. The van der Waals surface area contributed by atoms with Crippen molar-refractivity contribution in [1.82, 2.24) is 16.1 Å². The van der Waals surface area contributed by atoms with Crippen LogP contribution >= 0.6 is 34.8 Å². The molecule has 0 saturated heterocycles. The number of rotatable bonds is 11. The summed E-state index contributed by atoms with van der Waals surface area (Å²) < 4.78 is 22.5. The van der Waals surface area contributed by atoms with Crippen molar-refractivity contribution in [3.63, 3.8) is 0 Å². The number of carbonyl (C=O) groups is 3. The number of ether oxygens (including phenoxy) is 4. The predicted molar refractivity (Wildman–Crippen MR) is 160 cm³/mol. The molecule has 1 heterocycles. The summed E-state index contributed by atoms with van der Waals surface area (Å²) in [7, 11) is 0. The van der Waals surface area contributed by atoms with E-state index in [-0.39, 0.29) is 13.2 Å². The van der Waals surface area contributed by atoms with Gasteiger partial charge in [-0.15, -0.1) is 0 Å². The normalized spacial score (nSPS) is 14.7. The van der Waals surface area contributed by atoms with Gasteiger partial charge in [0.1, 0.15) is 5.75 Å². The van der Waals surface area contributed by atoms with E-state index in [0.717, 1.165) is 0 Å². The van der Waals surface area contributed by atoms with Crippen molar-refractivity contribution in [1.29, 1.82) is 0 Å². The Bertz CT molecular complexity index is 1360. The highest BCUT2D eigenvalue weighted by molar-refractivity contribution is 14.1. The minimum Gasteiger partial charge on any atom is -0.490 e. The molecule has 1 amide bonds. The molecular formula is C27H29IN4O7S. The van der Waals surface area contributed by atoms with Crippen molar-refractivity contribution < 1.29 is 33.3 Å². The Labute approximate surface area is 250 Å². The molecule has 0 fully saturated rings. The van der Waals surface area contributed by atoms with E-state index in [0.29, 0.717) is 54.9 Å². The average Bonchev–Trinajstić information content (AvgIpc) is 2.89. The molecule has 3 rings (SSSR count). The second-order valence-electron chi connectivity index (χ2n) is 8.27. The Morgan fingerprint density at radius 2 is 1.88 bits per heavy atom. The van der Waals surface area contributed by atoms with Gasteiger partial charge in [-0.2, -0.15) is 5.10 Å². The molecule has 0 aliphatic carbocycles. The zero-order chi connectivity index (χ0) is 29.2. The number of esters is 2. The maximum atomic E-state index is 12.7. The van der Waals surface area contributed by atoms with Crippen molar-refractivity contribution in [2.24, 2.45) is 5.10 Å². The maximum Gasteiger partial charge on any atom is 0.338 e. The highest BCUT2D eigenvalue weighted by Gasteiger charge is 2.32. The highest BCUT2D eigenvalue weighted by atomic mass is 127. The number of hydrazone groups is 1. The van der Waals surface area contributed by atoms with Crippen LogP contribution in [-0.2, 0) is 19.1 Å². The van der Waals surface area contributed by atoms with Crippen LogP contribution in [0.3, 0.4) is 0 Å². The number of para-hydroxylation sites is 1. The van der Waals surface area contributed by atoms with Crippen molar-refractivity contribution in [2.75, 3.05) is 19.8 Å². The van der Waals surface area contributed by atoms with Gasteiger partial charge in [0, 0.05) is 18.2 Å². The molecule has 0 bridgehead atoms. The summed E-state index contributed by atoms with van der Waals surface area (Å²) in [6.45, 7) is 6.84. The lowest BCUT2D eigenvalue weighted by Crippen LogP contribution is -2.45. The lowest BCUT2D eigenvalue weighted by molar-refractivity contribution is -0.139. The summed E-state index contributed by atoms with van der Waals surface area (Å²) in [4.78, 5) is 36.6. The van der Waals surface area contributed by atoms with Gasteiger partial charge in [-0.3, -0.25) is 9.59 Å². The Kier molecular flexibility index (Phi) is 11.3. The molecule has 1 aliphatic heterocycles. The molecule has 1 aliphatic rings. The van der Waals surface area contributed by atoms with E-state index in [2.05, 4.69) is 21.2 Å². The number of hydrogen-bond acceptors (Lipinski definition) is 9. The quantitative estimate of drug-likeness (QED) is 0.0809. The Hall–Kier alpha value is -3.72. The Morgan fingerprint density at radius 3 is 2.58 bits per heavy atom. The van der Waals surface area contributed by atoms with Gasteiger partial charge in [0.15, 0.2) is 23.2 Å². The zero-order valence-corrected chi connectivity index (χ0v) is 25.3. The molecule has 3 N–H and O–H groups in total. The van der Waals surface area contributed by atoms with E-state index in [1.54, 1.807) is 50.2 Å². The fourth-order valence-corrected chi connectivity index (χ4v) is 4.79. The molecule has 212 valence electrons. The van der Waals surface area contributed by atoms with Gasteiger partial charge in [0.25, 0.3) is 5.91 Å². The van der Waals surface area contributed by atoms with Crippen molar-refractivity contribution in [3.8, 4) is 17.2 Å². The van der Waals surface area contributed by atoms with Crippen LogP contribution < -0.4 is 30.3 Å². The van der Waals surface area contributed by atoms with Crippen LogP contribution in [0.25, 0.3) is 0 Å². The lowest BCUT2D eigenvalue weighted by Gasteiger charge is -2.30. The Balaban J connectivity index is 1.71. The average molecular weight is 681 g/mol. The topological polar surface area (TPSA) is 137 Å². The lowest BCUT2D eigenvalue weighted by atomic mass is 9.95. The molecule has 0 unspecified atom stereocenters. The summed E-state index contributed by atoms with van der Waals surface area (Å²) in [5.74, 6) is -0.365. The number of carbonyl (C=O) groups excluding carboxylic acids is 3. The van der Waals surface area contributed by atoms with Crippen LogP contribution in [0.4, 0.5) is 0 Å². The molecule has 13 heteroatoms. The summed E-state index contributed by atoms with van der Waals surface area (Å²) in [6, 6.07) is 9.77. The summed E-state index contributed by atoms with van der Waals surface area (Å²) in [5, 5.41) is 10.4. The molecule has 0 radical (unpaired) electrons. The van der Waals surface area contributed by atoms with Crippen LogP contribution in [0.5, 0.6) is 17.2 Å². The molecule has 2 aromatic carbocycles. The predicted octanol–water partition coefficient (Wildman–Crippen LogP) is 3.50. The van der Waals surface area contributed by atoms with E-state index >= 15 is 0 Å². The highest BCUT2D eigenvalue weighted by Crippen LogP contribution is 2.35. The van der Waals surface area contributed by atoms with Crippen LogP contribution in [-0.4, -0.2) is 49.0 Å². The smallest absolute Gasteiger partial charge is 0.338 e. The number of nitrogens with one attached hydrogen (secondary N) is 3. The van der Waals surface area contributed by atoms with Gasteiger partial charge in [0.2, 0.25) is 0 Å². The van der Waals surface area contributed by atoms with Crippen LogP contribution in [0.1, 0.15) is 44.9 Å². The van der Waals surface area contributed by atoms with Crippen molar-refractivity contribution in [2.45, 2.75) is 33.7 Å². The molecule has 11 nitrogen and oxygen atoms in total. The zero-order valence-electron chi connectivity index (χ0n) is 22.3. The number of nitrogens with zero attached hydrogens (tertiary/aromatic N) is 1. The van der Waals surface area contributed by atoms with Gasteiger partial charge in [-0.25, -0.2) is 10.2 Å². The third-order valence-electron chi connectivity index (χ3n) is 5.33. The largest absolute Gasteiger partial charge is 0.490 e. The molecule has 0 spiro atoms. The molecule has 1 atom stereocenters. The number of thiocarbonyl (C=S) groups is 1. The molecule has 2 aromatic rings. The first-order valence-electron chi connectivity index (χ1n) is 12.3. The van der Waals surface area contributed by atoms with Crippen molar-refractivity contribution >= 4 is 64.0 Å². The van der Waals surface area contributed by atoms with E-state index in [9.17, 15) is 14.4 Å². The number of halogens is 1. The molecule has 0 saturated carbocycles.